The first-order chi connectivity index (χ1) is 9.67. The number of amides is 3. The first kappa shape index (κ1) is 16.1. The number of imide groups is 1. The van der Waals surface area contributed by atoms with E-state index in [2.05, 4.69) is 5.32 Å². The van der Waals surface area contributed by atoms with Gasteiger partial charge in [0.1, 0.15) is 15.9 Å². The van der Waals surface area contributed by atoms with Crippen LogP contribution in [0.15, 0.2) is 18.2 Å². The van der Waals surface area contributed by atoms with Crippen molar-refractivity contribution in [2.75, 3.05) is 16.9 Å². The highest BCUT2D eigenvalue weighted by Gasteiger charge is 2.39. The van der Waals surface area contributed by atoms with Crippen LogP contribution in [0.1, 0.15) is 6.42 Å². The lowest BCUT2D eigenvalue weighted by Gasteiger charge is -2.13. The summed E-state index contributed by atoms with van der Waals surface area (Å²) < 4.78 is 22.3. The fourth-order valence-corrected chi connectivity index (χ4v) is 3.15. The standard InChI is InChI=1S/C12H12Cl2N2O4S/c1-21(19,20)3-2-10-11(17)16(12(18)15-10)9-5-7(13)4-8(14)6-9/h4-6,10H,2-3H2,1H3,(H,15,18). The number of anilines is 1. The highest BCUT2D eigenvalue weighted by Crippen LogP contribution is 2.28. The van der Waals surface area contributed by atoms with Gasteiger partial charge in [0.15, 0.2) is 0 Å². The van der Waals surface area contributed by atoms with E-state index in [4.69, 9.17) is 23.2 Å². The van der Waals surface area contributed by atoms with E-state index in [1.54, 1.807) is 0 Å². The van der Waals surface area contributed by atoms with Gasteiger partial charge in [-0.1, -0.05) is 23.2 Å². The SMILES string of the molecule is CS(=O)(=O)CCC1NC(=O)N(c2cc(Cl)cc(Cl)c2)C1=O. The van der Waals surface area contributed by atoms with E-state index in [1.807, 2.05) is 0 Å². The van der Waals surface area contributed by atoms with Crippen molar-refractivity contribution in [3.8, 4) is 0 Å². The Hall–Kier alpha value is -1.31. The zero-order valence-electron chi connectivity index (χ0n) is 11.0. The molecule has 0 aliphatic carbocycles. The molecule has 2 rings (SSSR count). The number of urea groups is 1. The van der Waals surface area contributed by atoms with Gasteiger partial charge in [-0.05, 0) is 24.6 Å². The third-order valence-electron chi connectivity index (χ3n) is 2.90. The number of carbonyl (C=O) groups excluding carboxylic acids is 2. The van der Waals surface area contributed by atoms with Gasteiger partial charge in [-0.15, -0.1) is 0 Å². The van der Waals surface area contributed by atoms with Gasteiger partial charge in [0.2, 0.25) is 0 Å². The molecule has 1 N–H and O–H groups in total. The molecule has 1 heterocycles. The first-order valence-electron chi connectivity index (χ1n) is 5.95. The lowest BCUT2D eigenvalue weighted by atomic mass is 10.2. The third-order valence-corrected chi connectivity index (χ3v) is 4.32. The molecule has 1 aromatic carbocycles. The summed E-state index contributed by atoms with van der Waals surface area (Å²) in [6.07, 6.45) is 1.09. The van der Waals surface area contributed by atoms with E-state index >= 15 is 0 Å². The van der Waals surface area contributed by atoms with Gasteiger partial charge in [-0.3, -0.25) is 4.79 Å². The van der Waals surface area contributed by atoms with E-state index in [1.165, 1.54) is 18.2 Å². The predicted octanol–water partition coefficient (Wildman–Crippen LogP) is 1.85. The molecular weight excluding hydrogens is 339 g/mol. The van der Waals surface area contributed by atoms with Crippen molar-refractivity contribution in [2.24, 2.45) is 0 Å². The number of hydrogen-bond acceptors (Lipinski definition) is 4. The second-order valence-electron chi connectivity index (χ2n) is 4.72. The molecular formula is C12H12Cl2N2O4S. The number of rotatable bonds is 4. The monoisotopic (exact) mass is 350 g/mol. The van der Waals surface area contributed by atoms with Gasteiger partial charge in [0.05, 0.1) is 11.4 Å². The van der Waals surface area contributed by atoms with Gasteiger partial charge in [0, 0.05) is 16.3 Å². The van der Waals surface area contributed by atoms with Gasteiger partial charge in [-0.25, -0.2) is 18.1 Å². The van der Waals surface area contributed by atoms with Crippen molar-refractivity contribution in [1.82, 2.24) is 5.32 Å². The Morgan fingerprint density at radius 2 is 1.76 bits per heavy atom. The lowest BCUT2D eigenvalue weighted by molar-refractivity contribution is -0.118. The second kappa shape index (κ2) is 5.82. The molecule has 1 saturated heterocycles. The van der Waals surface area contributed by atoms with E-state index in [0.29, 0.717) is 0 Å². The third kappa shape index (κ3) is 3.87. The summed E-state index contributed by atoms with van der Waals surface area (Å²) in [4.78, 5) is 25.0. The molecule has 1 unspecified atom stereocenters. The molecule has 0 radical (unpaired) electrons. The molecule has 6 nitrogen and oxygen atoms in total. The fraction of sp³-hybridized carbons (Fsp3) is 0.333. The van der Waals surface area contributed by atoms with Crippen molar-refractivity contribution >= 4 is 50.7 Å². The highest BCUT2D eigenvalue weighted by atomic mass is 35.5. The first-order valence-corrected chi connectivity index (χ1v) is 8.77. The number of halogens is 2. The molecule has 1 aliphatic rings. The number of sulfone groups is 1. The van der Waals surface area contributed by atoms with Crippen molar-refractivity contribution in [3.63, 3.8) is 0 Å². The minimum atomic E-state index is -3.21. The van der Waals surface area contributed by atoms with Gasteiger partial charge in [0.25, 0.3) is 5.91 Å². The van der Waals surface area contributed by atoms with E-state index in [0.717, 1.165) is 11.2 Å². The summed E-state index contributed by atoms with van der Waals surface area (Å²) in [5.74, 6) is -0.713. The van der Waals surface area contributed by atoms with Gasteiger partial charge >= 0.3 is 6.03 Å². The summed E-state index contributed by atoms with van der Waals surface area (Å²) in [6, 6.07) is 2.85. The quantitative estimate of drug-likeness (QED) is 0.840. The summed E-state index contributed by atoms with van der Waals surface area (Å²) in [6.45, 7) is 0. The zero-order chi connectivity index (χ0) is 15.8. The van der Waals surface area contributed by atoms with E-state index in [-0.39, 0.29) is 27.9 Å². The molecule has 0 bridgehead atoms. The number of carbonyl (C=O) groups is 2. The molecule has 0 aromatic heterocycles. The number of nitrogens with zero attached hydrogens (tertiary/aromatic N) is 1. The lowest BCUT2D eigenvalue weighted by Crippen LogP contribution is -2.32. The second-order valence-corrected chi connectivity index (χ2v) is 7.85. The van der Waals surface area contributed by atoms with Crippen LogP contribution in [0.2, 0.25) is 10.0 Å². The largest absolute Gasteiger partial charge is 0.329 e. The minimum absolute atomic E-state index is 0.0220. The summed E-state index contributed by atoms with van der Waals surface area (Å²) in [7, 11) is -3.21. The maximum Gasteiger partial charge on any atom is 0.329 e. The normalized spacial score (nSPS) is 19.0. The highest BCUT2D eigenvalue weighted by molar-refractivity contribution is 7.90. The van der Waals surface area contributed by atoms with E-state index < -0.39 is 27.8 Å². The zero-order valence-corrected chi connectivity index (χ0v) is 13.3. The minimum Gasteiger partial charge on any atom is -0.325 e. The molecule has 1 aromatic rings. The molecule has 114 valence electrons. The van der Waals surface area contributed by atoms with Crippen LogP contribution in [0.3, 0.4) is 0 Å². The predicted molar refractivity (Wildman–Crippen MR) is 80.6 cm³/mol. The maximum absolute atomic E-state index is 12.2. The molecule has 21 heavy (non-hydrogen) atoms. The van der Waals surface area contributed by atoms with Crippen molar-refractivity contribution < 1.29 is 18.0 Å². The molecule has 1 fully saturated rings. The average molecular weight is 351 g/mol. The Morgan fingerprint density at radius 3 is 2.29 bits per heavy atom. The number of benzene rings is 1. The van der Waals surface area contributed by atoms with Gasteiger partial charge < -0.3 is 5.32 Å². The summed E-state index contributed by atoms with van der Waals surface area (Å²) in [5, 5.41) is 3.03. The van der Waals surface area contributed by atoms with Crippen LogP contribution in [-0.2, 0) is 14.6 Å². The molecule has 9 heteroatoms. The summed E-state index contributed by atoms with van der Waals surface area (Å²) in [5.41, 5.74) is 0.247. The Morgan fingerprint density at radius 1 is 1.19 bits per heavy atom. The number of nitrogens with one attached hydrogen (secondary N) is 1. The maximum atomic E-state index is 12.2. The van der Waals surface area contributed by atoms with Crippen LogP contribution in [0.5, 0.6) is 0 Å². The Labute approximate surface area is 131 Å². The smallest absolute Gasteiger partial charge is 0.325 e. The van der Waals surface area contributed by atoms with Crippen LogP contribution in [0.25, 0.3) is 0 Å². The topological polar surface area (TPSA) is 83.6 Å². The van der Waals surface area contributed by atoms with Gasteiger partial charge in [-0.2, -0.15) is 0 Å². The summed E-state index contributed by atoms with van der Waals surface area (Å²) >= 11 is 11.7. The van der Waals surface area contributed by atoms with Crippen LogP contribution in [0.4, 0.5) is 10.5 Å². The Bertz CT molecular complexity index is 685. The average Bonchev–Trinajstić information content (AvgIpc) is 2.59. The molecule has 0 saturated carbocycles. The van der Waals surface area contributed by atoms with Crippen LogP contribution >= 0.6 is 23.2 Å². The molecule has 1 aliphatic heterocycles. The molecule has 1 atom stereocenters. The molecule has 0 spiro atoms. The van der Waals surface area contributed by atoms with Crippen molar-refractivity contribution in [2.45, 2.75) is 12.5 Å². The fourth-order valence-electron chi connectivity index (χ4n) is 1.97. The Kier molecular flexibility index (Phi) is 4.46. The van der Waals surface area contributed by atoms with Crippen LogP contribution < -0.4 is 10.2 Å². The molecule has 3 amide bonds. The van der Waals surface area contributed by atoms with E-state index in [9.17, 15) is 18.0 Å². The number of hydrogen-bond donors (Lipinski definition) is 1. The van der Waals surface area contributed by atoms with Crippen molar-refractivity contribution in [1.29, 1.82) is 0 Å². The Balaban J connectivity index is 2.22. The van der Waals surface area contributed by atoms with Crippen LogP contribution in [-0.4, -0.2) is 38.4 Å². The van der Waals surface area contributed by atoms with Crippen molar-refractivity contribution in [3.05, 3.63) is 28.2 Å². The van der Waals surface area contributed by atoms with Crippen LogP contribution in [0, 0.1) is 0 Å².